The van der Waals surface area contributed by atoms with E-state index < -0.39 is 0 Å². The highest BCUT2D eigenvalue weighted by molar-refractivity contribution is 5.86. The lowest BCUT2D eigenvalue weighted by atomic mass is 9.93. The third kappa shape index (κ3) is 7.72. The maximum absolute atomic E-state index is 2.45. The first kappa shape index (κ1) is 30.4. The van der Waals surface area contributed by atoms with Crippen molar-refractivity contribution in [1.29, 1.82) is 0 Å². The predicted octanol–water partition coefficient (Wildman–Crippen LogP) is 10.5. The molecule has 0 unspecified atom stereocenters. The van der Waals surface area contributed by atoms with E-state index in [0.29, 0.717) is 0 Å². The number of hydrogen-bond donors (Lipinski definition) is 0. The molecule has 0 radical (unpaired) electrons. The van der Waals surface area contributed by atoms with Gasteiger partial charge in [-0.1, -0.05) is 158 Å². The van der Waals surface area contributed by atoms with E-state index >= 15 is 0 Å². The highest BCUT2D eigenvalue weighted by atomic mass is 15.1. The second-order valence-electron chi connectivity index (χ2n) is 11.7. The van der Waals surface area contributed by atoms with Crippen molar-refractivity contribution in [2.24, 2.45) is 0 Å². The highest BCUT2D eigenvalue weighted by Gasteiger charge is 2.12. The summed E-state index contributed by atoms with van der Waals surface area (Å²) in [5.74, 6) is 0. The van der Waals surface area contributed by atoms with Crippen LogP contribution in [0.5, 0.6) is 0 Å². The summed E-state index contributed by atoms with van der Waals surface area (Å²) in [7, 11) is 4.16. The molecule has 0 fully saturated rings. The third-order valence-corrected chi connectivity index (χ3v) is 8.26. The molecule has 0 bridgehead atoms. The summed E-state index contributed by atoms with van der Waals surface area (Å²) in [4.78, 5) is 4.59. The Morgan fingerprint density at radius 1 is 0.391 bits per heavy atom. The molecule has 2 heteroatoms. The summed E-state index contributed by atoms with van der Waals surface area (Å²) in [5, 5.41) is 0. The summed E-state index contributed by atoms with van der Waals surface area (Å²) in [6, 6.07) is 60.6. The molecule has 0 aliphatic rings. The van der Waals surface area contributed by atoms with Gasteiger partial charge in [0.05, 0.1) is 0 Å². The molecule has 0 spiro atoms. The molecule has 0 aliphatic heterocycles. The smallest absolute Gasteiger partial charge is 0.0433 e. The maximum atomic E-state index is 2.45. The fourth-order valence-corrected chi connectivity index (χ4v) is 5.76. The summed E-state index contributed by atoms with van der Waals surface area (Å²) in [6.45, 7) is 1.67. The van der Waals surface area contributed by atoms with Crippen LogP contribution in [-0.4, -0.2) is 14.1 Å². The fourth-order valence-electron chi connectivity index (χ4n) is 5.76. The Balaban J connectivity index is 1.40. The van der Waals surface area contributed by atoms with E-state index in [0.717, 1.165) is 13.1 Å². The van der Waals surface area contributed by atoms with Crippen molar-refractivity contribution in [2.45, 2.75) is 13.1 Å². The van der Waals surface area contributed by atoms with Crippen molar-refractivity contribution in [3.63, 3.8) is 0 Å². The van der Waals surface area contributed by atoms with Gasteiger partial charge in [-0.15, -0.1) is 0 Å². The van der Waals surface area contributed by atoms with Crippen LogP contribution in [0, 0.1) is 0 Å². The van der Waals surface area contributed by atoms with Crippen LogP contribution in [0.4, 0.5) is 11.4 Å². The molecule has 0 atom stereocenters. The minimum absolute atomic E-state index is 0.837. The fraction of sp³-hybridized carbons (Fsp3) is 0.0909. The van der Waals surface area contributed by atoms with E-state index in [-0.39, 0.29) is 0 Å². The standard InChI is InChI=1S/C44H40N2/c1-45(2)41-27-23-39(24-28-41)44(32-31-43(37-19-11-5-12-20-37)38-21-13-6-14-22-38)40-25-29-42(30-26-40)46(33-35-15-7-3-8-16-35)34-36-17-9-4-10-18-36/h3-32H,33-34H2,1-2H3. The van der Waals surface area contributed by atoms with Crippen LogP contribution < -0.4 is 9.80 Å². The van der Waals surface area contributed by atoms with Crippen molar-refractivity contribution in [3.05, 3.63) is 215 Å². The average Bonchev–Trinajstić information content (AvgIpc) is 3.12. The summed E-state index contributed by atoms with van der Waals surface area (Å²) in [5.41, 5.74) is 12.1. The molecule has 6 rings (SSSR count). The van der Waals surface area contributed by atoms with Gasteiger partial charge in [0.15, 0.2) is 0 Å². The molecule has 6 aromatic carbocycles. The van der Waals surface area contributed by atoms with Crippen LogP contribution in [0.15, 0.2) is 182 Å². The lowest BCUT2D eigenvalue weighted by molar-refractivity contribution is 0.800. The Bertz CT molecular complexity index is 1770. The van der Waals surface area contributed by atoms with E-state index in [9.17, 15) is 0 Å². The monoisotopic (exact) mass is 596 g/mol. The van der Waals surface area contributed by atoms with E-state index in [4.69, 9.17) is 0 Å². The second-order valence-corrected chi connectivity index (χ2v) is 11.7. The minimum Gasteiger partial charge on any atom is -0.378 e. The molecule has 0 heterocycles. The van der Waals surface area contributed by atoms with Crippen LogP contribution in [0.2, 0.25) is 0 Å². The quantitative estimate of drug-likeness (QED) is 0.137. The van der Waals surface area contributed by atoms with E-state index in [1.807, 2.05) is 0 Å². The normalized spacial score (nSPS) is 11.1. The van der Waals surface area contributed by atoms with Crippen LogP contribution in [-0.2, 0) is 13.1 Å². The lowest BCUT2D eigenvalue weighted by Gasteiger charge is -2.26. The first-order valence-electron chi connectivity index (χ1n) is 15.9. The van der Waals surface area contributed by atoms with Gasteiger partial charge in [-0.3, -0.25) is 0 Å². The van der Waals surface area contributed by atoms with Crippen molar-refractivity contribution < 1.29 is 0 Å². The van der Waals surface area contributed by atoms with E-state index in [1.165, 1.54) is 55.9 Å². The van der Waals surface area contributed by atoms with Gasteiger partial charge in [0, 0.05) is 38.6 Å². The largest absolute Gasteiger partial charge is 0.378 e. The molecule has 0 aliphatic carbocycles. The van der Waals surface area contributed by atoms with Gasteiger partial charge < -0.3 is 9.80 Å². The summed E-state index contributed by atoms with van der Waals surface area (Å²) >= 11 is 0. The van der Waals surface area contributed by atoms with Crippen LogP contribution in [0.3, 0.4) is 0 Å². The van der Waals surface area contributed by atoms with Gasteiger partial charge in [0.1, 0.15) is 0 Å². The highest BCUT2D eigenvalue weighted by Crippen LogP contribution is 2.31. The Morgan fingerprint density at radius 2 is 0.717 bits per heavy atom. The minimum atomic E-state index is 0.837. The molecule has 0 saturated carbocycles. The molecule has 6 aromatic rings. The van der Waals surface area contributed by atoms with Crippen molar-refractivity contribution in [3.8, 4) is 0 Å². The van der Waals surface area contributed by atoms with Crippen molar-refractivity contribution >= 4 is 22.5 Å². The predicted molar refractivity (Wildman–Crippen MR) is 197 cm³/mol. The van der Waals surface area contributed by atoms with Gasteiger partial charge >= 0.3 is 0 Å². The van der Waals surface area contributed by atoms with Crippen LogP contribution in [0.25, 0.3) is 11.1 Å². The van der Waals surface area contributed by atoms with E-state index in [1.54, 1.807) is 0 Å². The number of hydrogen-bond acceptors (Lipinski definition) is 2. The Labute approximate surface area is 274 Å². The SMILES string of the molecule is CN(C)c1ccc(C(=CC=C(c2ccccc2)c2ccccc2)c2ccc(N(Cc3ccccc3)Cc3ccccc3)cc2)cc1. The first-order chi connectivity index (χ1) is 22.6. The maximum Gasteiger partial charge on any atom is 0.0433 e. The van der Waals surface area contributed by atoms with Crippen LogP contribution >= 0.6 is 0 Å². The third-order valence-electron chi connectivity index (χ3n) is 8.26. The van der Waals surface area contributed by atoms with Crippen molar-refractivity contribution in [2.75, 3.05) is 23.9 Å². The molecule has 46 heavy (non-hydrogen) atoms. The first-order valence-corrected chi connectivity index (χ1v) is 15.9. The Kier molecular flexibility index (Phi) is 9.87. The van der Waals surface area contributed by atoms with Gasteiger partial charge in [-0.05, 0) is 68.8 Å². The lowest BCUT2D eigenvalue weighted by Crippen LogP contribution is -2.22. The topological polar surface area (TPSA) is 6.48 Å². The molecule has 0 N–H and O–H groups in total. The van der Waals surface area contributed by atoms with Crippen LogP contribution in [0.1, 0.15) is 33.4 Å². The molecule has 0 aromatic heterocycles. The molecular formula is C44H40N2. The van der Waals surface area contributed by atoms with Gasteiger partial charge in [-0.25, -0.2) is 0 Å². The van der Waals surface area contributed by atoms with Gasteiger partial charge in [-0.2, -0.15) is 0 Å². The summed E-state index contributed by atoms with van der Waals surface area (Å²) < 4.78 is 0. The molecule has 0 saturated heterocycles. The zero-order valence-corrected chi connectivity index (χ0v) is 26.6. The van der Waals surface area contributed by atoms with E-state index in [2.05, 4.69) is 206 Å². The number of allylic oxidation sites excluding steroid dienone is 2. The Morgan fingerprint density at radius 3 is 1.09 bits per heavy atom. The average molecular weight is 597 g/mol. The molecule has 0 amide bonds. The molecular weight excluding hydrogens is 556 g/mol. The van der Waals surface area contributed by atoms with Gasteiger partial charge in [0.25, 0.3) is 0 Å². The number of rotatable bonds is 11. The number of anilines is 2. The second kappa shape index (κ2) is 14.9. The zero-order valence-electron chi connectivity index (χ0n) is 26.6. The zero-order chi connectivity index (χ0) is 31.6. The Hall–Kier alpha value is -5.60. The summed E-state index contributed by atoms with van der Waals surface area (Å²) in [6.07, 6.45) is 4.55. The van der Waals surface area contributed by atoms with Gasteiger partial charge in [0.2, 0.25) is 0 Å². The molecule has 2 nitrogen and oxygen atoms in total. The number of nitrogens with zero attached hydrogens (tertiary/aromatic N) is 2. The van der Waals surface area contributed by atoms with Crippen molar-refractivity contribution in [1.82, 2.24) is 0 Å². The number of benzene rings is 6. The molecule has 226 valence electrons.